The second-order valence-corrected chi connectivity index (χ2v) is 4.05. The lowest BCUT2D eigenvalue weighted by Gasteiger charge is -2.23. The third-order valence-corrected chi connectivity index (χ3v) is 3.04. The van der Waals surface area contributed by atoms with Gasteiger partial charge < -0.3 is 15.7 Å². The van der Waals surface area contributed by atoms with E-state index in [1.165, 1.54) is 6.07 Å². The molecule has 1 fully saturated rings. The summed E-state index contributed by atoms with van der Waals surface area (Å²) >= 11 is 0. The number of benzene rings is 1. The van der Waals surface area contributed by atoms with E-state index >= 15 is 0 Å². The molecule has 0 radical (unpaired) electrons. The highest BCUT2D eigenvalue weighted by Gasteiger charge is 2.29. The molecule has 1 amide bonds. The molecule has 1 atom stereocenters. The molecule has 0 bridgehead atoms. The predicted molar refractivity (Wildman–Crippen MR) is 61.2 cm³/mol. The summed E-state index contributed by atoms with van der Waals surface area (Å²) in [4.78, 5) is 13.9. The normalized spacial score (nSPS) is 20.1. The smallest absolute Gasteiger partial charge is 0.257 e. The van der Waals surface area contributed by atoms with Crippen LogP contribution in [-0.4, -0.2) is 35.0 Å². The molecule has 16 heavy (non-hydrogen) atoms. The number of likely N-dealkylation sites (tertiary alicyclic amines) is 1. The number of carbonyl (C=O) groups excluding carboxylic acids is 1. The molecule has 1 unspecified atom stereocenters. The zero-order valence-electron chi connectivity index (χ0n) is 9.10. The maximum absolute atomic E-state index is 12.1. The van der Waals surface area contributed by atoms with Crippen LogP contribution in [-0.2, 0) is 0 Å². The van der Waals surface area contributed by atoms with Crippen LogP contribution in [0.3, 0.4) is 0 Å². The van der Waals surface area contributed by atoms with Gasteiger partial charge in [-0.1, -0.05) is 12.1 Å². The average molecular weight is 220 g/mol. The molecule has 1 saturated heterocycles. The van der Waals surface area contributed by atoms with E-state index in [1.54, 1.807) is 23.1 Å². The van der Waals surface area contributed by atoms with Gasteiger partial charge in [-0.15, -0.1) is 0 Å². The Labute approximate surface area is 94.7 Å². The molecular formula is C12H16N2O2. The number of aromatic hydroxyl groups is 1. The number of rotatable bonds is 2. The molecule has 1 aromatic rings. The summed E-state index contributed by atoms with van der Waals surface area (Å²) in [6.45, 7) is 1.22. The van der Waals surface area contributed by atoms with Crippen LogP contribution in [0.25, 0.3) is 0 Å². The number of para-hydroxylation sites is 1. The average Bonchev–Trinajstić information content (AvgIpc) is 2.77. The van der Waals surface area contributed by atoms with Crippen molar-refractivity contribution in [3.8, 4) is 5.75 Å². The molecule has 1 aromatic carbocycles. The first kappa shape index (κ1) is 11.0. The van der Waals surface area contributed by atoms with Crippen LogP contribution in [0.15, 0.2) is 24.3 Å². The molecule has 0 aliphatic carbocycles. The van der Waals surface area contributed by atoms with Crippen LogP contribution in [0.5, 0.6) is 5.75 Å². The van der Waals surface area contributed by atoms with Gasteiger partial charge in [-0.25, -0.2) is 0 Å². The molecule has 0 saturated carbocycles. The zero-order chi connectivity index (χ0) is 11.5. The Kier molecular flexibility index (Phi) is 3.10. The summed E-state index contributed by atoms with van der Waals surface area (Å²) in [5, 5.41) is 9.62. The third-order valence-electron chi connectivity index (χ3n) is 3.04. The van der Waals surface area contributed by atoms with E-state index in [1.807, 2.05) is 0 Å². The predicted octanol–water partition coefficient (Wildman–Crippen LogP) is 0.955. The van der Waals surface area contributed by atoms with Crippen molar-refractivity contribution in [2.24, 2.45) is 5.73 Å². The van der Waals surface area contributed by atoms with E-state index in [9.17, 15) is 9.90 Å². The topological polar surface area (TPSA) is 66.6 Å². The van der Waals surface area contributed by atoms with Crippen molar-refractivity contribution in [3.05, 3.63) is 29.8 Å². The van der Waals surface area contributed by atoms with Crippen LogP contribution in [0.4, 0.5) is 0 Å². The standard InChI is InChI=1S/C12H16N2O2/c13-8-9-4-3-7-14(9)12(16)10-5-1-2-6-11(10)15/h1-2,5-6,9,15H,3-4,7-8,13H2. The number of amides is 1. The first-order chi connectivity index (χ1) is 7.74. The second kappa shape index (κ2) is 4.53. The van der Waals surface area contributed by atoms with Crippen LogP contribution in [0.1, 0.15) is 23.2 Å². The number of phenols is 1. The summed E-state index contributed by atoms with van der Waals surface area (Å²) in [6, 6.07) is 6.74. The lowest BCUT2D eigenvalue weighted by molar-refractivity contribution is 0.0738. The highest BCUT2D eigenvalue weighted by molar-refractivity contribution is 5.97. The number of nitrogens with zero attached hydrogens (tertiary/aromatic N) is 1. The molecule has 4 nitrogen and oxygen atoms in total. The van der Waals surface area contributed by atoms with Gasteiger partial charge in [0.2, 0.25) is 0 Å². The molecule has 3 N–H and O–H groups in total. The van der Waals surface area contributed by atoms with Crippen LogP contribution in [0.2, 0.25) is 0 Å². The monoisotopic (exact) mass is 220 g/mol. The van der Waals surface area contributed by atoms with Crippen molar-refractivity contribution in [2.45, 2.75) is 18.9 Å². The fraction of sp³-hybridized carbons (Fsp3) is 0.417. The largest absolute Gasteiger partial charge is 0.507 e. The molecule has 0 spiro atoms. The quantitative estimate of drug-likeness (QED) is 0.780. The maximum Gasteiger partial charge on any atom is 0.257 e. The van der Waals surface area contributed by atoms with E-state index in [0.29, 0.717) is 12.1 Å². The fourth-order valence-electron chi connectivity index (χ4n) is 2.16. The Bertz CT molecular complexity index is 392. The first-order valence-corrected chi connectivity index (χ1v) is 5.53. The molecular weight excluding hydrogens is 204 g/mol. The highest BCUT2D eigenvalue weighted by Crippen LogP contribution is 2.23. The van der Waals surface area contributed by atoms with E-state index < -0.39 is 0 Å². The van der Waals surface area contributed by atoms with Gasteiger partial charge in [-0.3, -0.25) is 4.79 Å². The van der Waals surface area contributed by atoms with E-state index in [0.717, 1.165) is 19.4 Å². The van der Waals surface area contributed by atoms with Gasteiger partial charge in [0, 0.05) is 19.1 Å². The molecule has 1 aliphatic heterocycles. The minimum atomic E-state index is -0.119. The van der Waals surface area contributed by atoms with Gasteiger partial charge >= 0.3 is 0 Å². The molecule has 4 heteroatoms. The number of phenolic OH excluding ortho intramolecular Hbond substituents is 1. The lowest BCUT2D eigenvalue weighted by Crippen LogP contribution is -2.39. The summed E-state index contributed by atoms with van der Waals surface area (Å²) < 4.78 is 0. The van der Waals surface area contributed by atoms with Crippen molar-refractivity contribution in [1.29, 1.82) is 0 Å². The number of hydrogen-bond acceptors (Lipinski definition) is 3. The molecule has 1 aliphatic rings. The van der Waals surface area contributed by atoms with Crippen molar-refractivity contribution in [2.75, 3.05) is 13.1 Å². The van der Waals surface area contributed by atoms with Crippen molar-refractivity contribution in [3.63, 3.8) is 0 Å². The van der Waals surface area contributed by atoms with Gasteiger partial charge in [0.25, 0.3) is 5.91 Å². The first-order valence-electron chi connectivity index (χ1n) is 5.53. The van der Waals surface area contributed by atoms with Gasteiger partial charge in [-0.2, -0.15) is 0 Å². The summed E-state index contributed by atoms with van der Waals surface area (Å²) in [6.07, 6.45) is 1.94. The van der Waals surface area contributed by atoms with E-state index in [-0.39, 0.29) is 17.7 Å². The third kappa shape index (κ3) is 1.88. The van der Waals surface area contributed by atoms with Gasteiger partial charge in [0.15, 0.2) is 0 Å². The summed E-state index contributed by atoms with van der Waals surface area (Å²) in [5.74, 6) is -0.0822. The van der Waals surface area contributed by atoms with Crippen LogP contribution >= 0.6 is 0 Å². The van der Waals surface area contributed by atoms with Gasteiger partial charge in [0.05, 0.1) is 5.56 Å². The summed E-state index contributed by atoms with van der Waals surface area (Å²) in [5.41, 5.74) is 5.99. The Morgan fingerprint density at radius 1 is 1.50 bits per heavy atom. The minimum absolute atomic E-state index is 0.0372. The van der Waals surface area contributed by atoms with Gasteiger partial charge in [0.1, 0.15) is 5.75 Å². The Morgan fingerprint density at radius 3 is 2.94 bits per heavy atom. The lowest BCUT2D eigenvalue weighted by atomic mass is 10.1. The second-order valence-electron chi connectivity index (χ2n) is 4.05. The molecule has 2 rings (SSSR count). The van der Waals surface area contributed by atoms with Crippen LogP contribution < -0.4 is 5.73 Å². The SMILES string of the molecule is NCC1CCCN1C(=O)c1ccccc1O. The molecule has 1 heterocycles. The zero-order valence-corrected chi connectivity index (χ0v) is 9.10. The Balaban J connectivity index is 2.22. The van der Waals surface area contributed by atoms with Crippen LogP contribution in [0, 0.1) is 0 Å². The van der Waals surface area contributed by atoms with Crippen molar-refractivity contribution < 1.29 is 9.90 Å². The van der Waals surface area contributed by atoms with Crippen molar-refractivity contribution >= 4 is 5.91 Å². The Morgan fingerprint density at radius 2 is 2.25 bits per heavy atom. The number of carbonyl (C=O) groups is 1. The minimum Gasteiger partial charge on any atom is -0.507 e. The Hall–Kier alpha value is -1.55. The maximum atomic E-state index is 12.1. The van der Waals surface area contributed by atoms with E-state index in [4.69, 9.17) is 5.73 Å². The number of hydrogen-bond donors (Lipinski definition) is 2. The van der Waals surface area contributed by atoms with Crippen molar-refractivity contribution in [1.82, 2.24) is 4.90 Å². The van der Waals surface area contributed by atoms with E-state index in [2.05, 4.69) is 0 Å². The number of nitrogens with two attached hydrogens (primary N) is 1. The summed E-state index contributed by atoms with van der Waals surface area (Å²) in [7, 11) is 0. The highest BCUT2D eigenvalue weighted by atomic mass is 16.3. The molecule has 86 valence electrons. The van der Waals surface area contributed by atoms with Gasteiger partial charge in [-0.05, 0) is 25.0 Å². The fourth-order valence-corrected chi connectivity index (χ4v) is 2.16. The molecule has 0 aromatic heterocycles.